The normalized spacial score (nSPS) is 15.2. The van der Waals surface area contributed by atoms with Crippen molar-refractivity contribution in [2.45, 2.75) is 6.61 Å². The molecule has 1 fully saturated rings. The van der Waals surface area contributed by atoms with Gasteiger partial charge >= 0.3 is 0 Å². The fourth-order valence-corrected chi connectivity index (χ4v) is 3.50. The van der Waals surface area contributed by atoms with Crippen LogP contribution in [0.2, 0.25) is 0 Å². The molecule has 154 valence electrons. The number of halogens is 1. The molecule has 1 saturated heterocycles. The second-order valence-corrected chi connectivity index (χ2v) is 7.56. The molecule has 6 nitrogen and oxygen atoms in total. The van der Waals surface area contributed by atoms with Crippen molar-refractivity contribution in [3.63, 3.8) is 0 Å². The molecule has 1 heterocycles. The summed E-state index contributed by atoms with van der Waals surface area (Å²) < 4.78 is 12.0. The van der Waals surface area contributed by atoms with E-state index >= 15 is 0 Å². The molecular weight excluding hydrogens is 468 g/mol. The third kappa shape index (κ3) is 4.77. The molecule has 0 atom stereocenters. The van der Waals surface area contributed by atoms with E-state index in [1.165, 1.54) is 24.2 Å². The number of rotatable bonds is 7. The molecule has 0 radical (unpaired) electrons. The highest BCUT2D eigenvalue weighted by atomic mass is 79.9. The summed E-state index contributed by atoms with van der Waals surface area (Å²) in [6, 6.07) is 13.2. The molecule has 1 aliphatic heterocycles. The number of thiocarbonyl (C=S) groups is 1. The Labute approximate surface area is 188 Å². The van der Waals surface area contributed by atoms with Crippen LogP contribution in [0.15, 0.2) is 65.2 Å². The van der Waals surface area contributed by atoms with Gasteiger partial charge in [0.05, 0.1) is 7.11 Å². The maximum atomic E-state index is 12.7. The van der Waals surface area contributed by atoms with E-state index in [0.29, 0.717) is 28.1 Å². The minimum Gasteiger partial charge on any atom is -0.493 e. The maximum absolute atomic E-state index is 12.7. The summed E-state index contributed by atoms with van der Waals surface area (Å²) in [4.78, 5) is 26.3. The smallest absolute Gasteiger partial charge is 0.265 e. The molecule has 3 rings (SSSR count). The number of carbonyl (C=O) groups excluding carboxylic acids is 2. The Hall–Kier alpha value is -2.97. The number of benzene rings is 2. The van der Waals surface area contributed by atoms with Gasteiger partial charge in [0.2, 0.25) is 0 Å². The van der Waals surface area contributed by atoms with E-state index < -0.39 is 11.8 Å². The zero-order valence-electron chi connectivity index (χ0n) is 16.2. The molecule has 0 spiro atoms. The first kappa shape index (κ1) is 21.7. The second kappa shape index (κ2) is 9.69. The predicted octanol–water partition coefficient (Wildman–Crippen LogP) is 3.85. The molecule has 0 aliphatic carbocycles. The third-order valence-corrected chi connectivity index (χ3v) is 5.33. The fourth-order valence-electron chi connectivity index (χ4n) is 2.81. The zero-order valence-corrected chi connectivity index (χ0v) is 18.6. The highest BCUT2D eigenvalue weighted by Gasteiger charge is 2.32. The number of carbonyl (C=O) groups is 2. The van der Waals surface area contributed by atoms with E-state index in [-0.39, 0.29) is 17.2 Å². The summed E-state index contributed by atoms with van der Waals surface area (Å²) in [5, 5.41) is 2.58. The van der Waals surface area contributed by atoms with Crippen LogP contribution in [0.3, 0.4) is 0 Å². The van der Waals surface area contributed by atoms with Gasteiger partial charge in [0.15, 0.2) is 16.6 Å². The van der Waals surface area contributed by atoms with Gasteiger partial charge in [0, 0.05) is 11.0 Å². The lowest BCUT2D eigenvalue weighted by atomic mass is 10.1. The molecule has 2 aromatic rings. The van der Waals surface area contributed by atoms with Crippen LogP contribution in [-0.2, 0) is 16.2 Å². The molecule has 0 saturated carbocycles. The van der Waals surface area contributed by atoms with Crippen molar-refractivity contribution < 1.29 is 19.1 Å². The van der Waals surface area contributed by atoms with Crippen LogP contribution in [0.4, 0.5) is 0 Å². The van der Waals surface area contributed by atoms with E-state index in [2.05, 4.69) is 27.8 Å². The number of hydrogen-bond acceptors (Lipinski definition) is 5. The van der Waals surface area contributed by atoms with Crippen LogP contribution in [-0.4, -0.2) is 35.5 Å². The summed E-state index contributed by atoms with van der Waals surface area (Å²) in [5.74, 6) is -0.0353. The van der Waals surface area contributed by atoms with Gasteiger partial charge in [-0.2, -0.15) is 0 Å². The van der Waals surface area contributed by atoms with Gasteiger partial charge in [-0.1, -0.05) is 52.3 Å². The Morgan fingerprint density at radius 3 is 2.60 bits per heavy atom. The van der Waals surface area contributed by atoms with Crippen molar-refractivity contribution in [3.8, 4) is 11.5 Å². The predicted molar refractivity (Wildman–Crippen MR) is 122 cm³/mol. The molecule has 0 aromatic heterocycles. The van der Waals surface area contributed by atoms with E-state index in [1.807, 2.05) is 30.3 Å². The van der Waals surface area contributed by atoms with Crippen LogP contribution in [0.25, 0.3) is 6.08 Å². The van der Waals surface area contributed by atoms with Gasteiger partial charge in [-0.05, 0) is 41.6 Å². The quantitative estimate of drug-likeness (QED) is 0.278. The highest BCUT2D eigenvalue weighted by molar-refractivity contribution is 9.10. The first-order valence-corrected chi connectivity index (χ1v) is 10.2. The van der Waals surface area contributed by atoms with E-state index in [1.54, 1.807) is 12.1 Å². The number of nitrogens with one attached hydrogen (secondary N) is 1. The lowest BCUT2D eigenvalue weighted by Gasteiger charge is -2.27. The largest absolute Gasteiger partial charge is 0.493 e. The molecule has 0 unspecified atom stereocenters. The average Bonchev–Trinajstić information content (AvgIpc) is 2.74. The monoisotopic (exact) mass is 486 g/mol. The molecule has 8 heteroatoms. The van der Waals surface area contributed by atoms with Crippen LogP contribution in [0.5, 0.6) is 11.5 Å². The molecule has 2 aromatic carbocycles. The van der Waals surface area contributed by atoms with Crippen molar-refractivity contribution in [2.75, 3.05) is 13.7 Å². The summed E-state index contributed by atoms with van der Waals surface area (Å²) in [5.41, 5.74) is 1.57. The van der Waals surface area contributed by atoms with E-state index in [0.717, 1.165) is 5.56 Å². The molecular formula is C22H19BrN2O4S. The summed E-state index contributed by atoms with van der Waals surface area (Å²) in [6.45, 7) is 4.19. The molecule has 1 aliphatic rings. The Bertz CT molecular complexity index is 1040. The Kier molecular flexibility index (Phi) is 7.02. The number of nitrogens with zero attached hydrogens (tertiary/aromatic N) is 1. The first-order chi connectivity index (χ1) is 14.4. The second-order valence-electron chi connectivity index (χ2n) is 6.32. The van der Waals surface area contributed by atoms with Crippen molar-refractivity contribution in [3.05, 3.63) is 76.3 Å². The molecule has 2 amide bonds. The van der Waals surface area contributed by atoms with Crippen LogP contribution >= 0.6 is 28.1 Å². The fraction of sp³-hybridized carbons (Fsp3) is 0.136. The van der Waals surface area contributed by atoms with Crippen molar-refractivity contribution in [1.82, 2.24) is 10.2 Å². The lowest BCUT2D eigenvalue weighted by Crippen LogP contribution is -2.53. The summed E-state index contributed by atoms with van der Waals surface area (Å²) in [6.07, 6.45) is 3.03. The lowest BCUT2D eigenvalue weighted by molar-refractivity contribution is -0.128. The van der Waals surface area contributed by atoms with Crippen molar-refractivity contribution >= 4 is 51.2 Å². The average molecular weight is 487 g/mol. The van der Waals surface area contributed by atoms with E-state index in [4.69, 9.17) is 21.7 Å². The van der Waals surface area contributed by atoms with Crippen LogP contribution < -0.4 is 14.8 Å². The standard InChI is InChI=1S/C22H19BrN2O4S/c1-3-9-25-21(27)16(20(26)24-22(25)30)10-15-11-18(28-2)19(12-17(15)23)29-13-14-7-5-4-6-8-14/h3-8,10-12H,1,9,13H2,2H3,(H,24,26,30)/b16-10-. The summed E-state index contributed by atoms with van der Waals surface area (Å²) in [7, 11) is 1.53. The van der Waals surface area contributed by atoms with Gasteiger partial charge < -0.3 is 9.47 Å². The van der Waals surface area contributed by atoms with Gasteiger partial charge in [-0.25, -0.2) is 0 Å². The van der Waals surface area contributed by atoms with Gasteiger partial charge in [0.1, 0.15) is 12.2 Å². The number of ether oxygens (including phenoxy) is 2. The minimum absolute atomic E-state index is 0.0360. The Morgan fingerprint density at radius 2 is 1.93 bits per heavy atom. The third-order valence-electron chi connectivity index (χ3n) is 4.32. The zero-order chi connectivity index (χ0) is 21.7. The Morgan fingerprint density at radius 1 is 1.20 bits per heavy atom. The molecule has 30 heavy (non-hydrogen) atoms. The topological polar surface area (TPSA) is 67.9 Å². The molecule has 1 N–H and O–H groups in total. The van der Waals surface area contributed by atoms with Gasteiger partial charge in [0.25, 0.3) is 11.8 Å². The summed E-state index contributed by atoms with van der Waals surface area (Å²) >= 11 is 8.55. The number of hydrogen-bond donors (Lipinski definition) is 1. The van der Waals surface area contributed by atoms with Gasteiger partial charge in [-0.15, -0.1) is 6.58 Å². The van der Waals surface area contributed by atoms with E-state index in [9.17, 15) is 9.59 Å². The highest BCUT2D eigenvalue weighted by Crippen LogP contribution is 2.35. The van der Waals surface area contributed by atoms with Crippen molar-refractivity contribution in [2.24, 2.45) is 0 Å². The van der Waals surface area contributed by atoms with Crippen LogP contribution in [0.1, 0.15) is 11.1 Å². The Balaban J connectivity index is 1.90. The van der Waals surface area contributed by atoms with Gasteiger partial charge in [-0.3, -0.25) is 19.8 Å². The van der Waals surface area contributed by atoms with Crippen LogP contribution in [0, 0.1) is 0 Å². The van der Waals surface area contributed by atoms with Crippen molar-refractivity contribution in [1.29, 1.82) is 0 Å². The molecule has 0 bridgehead atoms. The number of methoxy groups -OCH3 is 1. The minimum atomic E-state index is -0.555. The first-order valence-electron chi connectivity index (χ1n) is 8.98. The SMILES string of the molecule is C=CCN1C(=O)/C(=C\c2cc(OC)c(OCc3ccccc3)cc2Br)C(=O)NC1=S. The number of amides is 2. The maximum Gasteiger partial charge on any atom is 0.265 e.